The first-order valence-corrected chi connectivity index (χ1v) is 25.0. The van der Waals surface area contributed by atoms with Gasteiger partial charge in [0, 0.05) is 77.2 Å². The summed E-state index contributed by atoms with van der Waals surface area (Å²) in [4.78, 5) is 4.62. The average molecular weight is 949 g/mol. The van der Waals surface area contributed by atoms with E-state index >= 15 is 0 Å². The van der Waals surface area contributed by atoms with Crippen LogP contribution in [0.15, 0.2) is 260 Å². The van der Waals surface area contributed by atoms with Gasteiger partial charge in [0.05, 0.1) is 5.56 Å². The number of para-hydroxylation sites is 4. The van der Waals surface area contributed by atoms with Gasteiger partial charge in [-0.3, -0.25) is 0 Å². The van der Waals surface area contributed by atoms with Crippen LogP contribution in [-0.2, 0) is 0 Å². The molecule has 16 rings (SSSR count). The summed E-state index contributed by atoms with van der Waals surface area (Å²) >= 11 is 0. The number of furan rings is 4. The second kappa shape index (κ2) is 15.7. The van der Waals surface area contributed by atoms with E-state index in [0.717, 1.165) is 155 Å². The molecule has 12 aromatic carbocycles. The van der Waals surface area contributed by atoms with E-state index in [0.29, 0.717) is 0 Å². The van der Waals surface area contributed by atoms with E-state index in [1.165, 1.54) is 0 Å². The van der Waals surface area contributed by atoms with Crippen LogP contribution in [0.3, 0.4) is 0 Å². The largest absolute Gasteiger partial charge is 0.456 e. The van der Waals surface area contributed by atoms with Crippen molar-refractivity contribution in [2.45, 2.75) is 0 Å². The summed E-state index contributed by atoms with van der Waals surface area (Å²) in [6, 6.07) is 85.5. The Morgan fingerprint density at radius 3 is 1.09 bits per heavy atom. The van der Waals surface area contributed by atoms with Crippen LogP contribution < -0.4 is 9.80 Å². The second-order valence-corrected chi connectivity index (χ2v) is 19.2. The second-order valence-electron chi connectivity index (χ2n) is 19.2. The highest BCUT2D eigenvalue weighted by Crippen LogP contribution is 2.48. The zero-order chi connectivity index (χ0) is 48.4. The SMILES string of the molecule is c1ccc(-c2c3oc4cc5cc(N(c6ccccc6)c6ccc7oc8ccccc8c7c6)ccc5cc4c3cc3c2oc2cc4cc(N(c5ccccc5)c5ccc6oc7ccccc7c6c5)ccc4cc23)cc1. The lowest BCUT2D eigenvalue weighted by Gasteiger charge is -2.26. The summed E-state index contributed by atoms with van der Waals surface area (Å²) in [6.07, 6.45) is 0. The molecule has 0 radical (unpaired) electrons. The molecule has 74 heavy (non-hydrogen) atoms. The summed E-state index contributed by atoms with van der Waals surface area (Å²) in [7, 11) is 0. The van der Waals surface area contributed by atoms with Crippen molar-refractivity contribution < 1.29 is 17.7 Å². The van der Waals surface area contributed by atoms with Crippen molar-refractivity contribution >= 4 is 143 Å². The van der Waals surface area contributed by atoms with Gasteiger partial charge in [-0.2, -0.15) is 0 Å². The molecule has 346 valence electrons. The Kier molecular flexibility index (Phi) is 8.64. The predicted octanol–water partition coefficient (Wildman–Crippen LogP) is 20.2. The minimum absolute atomic E-state index is 0.799. The molecule has 0 bridgehead atoms. The summed E-state index contributed by atoms with van der Waals surface area (Å²) in [5.41, 5.74) is 15.0. The highest BCUT2D eigenvalue weighted by Gasteiger charge is 2.24. The Morgan fingerprint density at radius 2 is 0.608 bits per heavy atom. The molecule has 4 aromatic heterocycles. The Hall–Kier alpha value is -10.0. The summed E-state index contributed by atoms with van der Waals surface area (Å²) in [6.45, 7) is 0. The molecule has 4 heterocycles. The fraction of sp³-hybridized carbons (Fsp3) is 0. The standard InChI is InChI=1S/C68H40N2O4/c1-4-14-41(15-5-1)66-67-58(54-34-42-24-26-48(32-44(42)36-64(54)73-67)69(46-16-6-2-7-17-46)50-28-30-62-56(38-50)52-20-10-12-22-60(52)71-62)40-59-55-35-43-25-27-49(33-45(43)37-65(55)74-68(59)66)70(47-18-8-3-9-19-47)51-29-31-63-57(39-51)53-21-11-13-23-61(53)72-63/h1-40H. The van der Waals surface area contributed by atoms with E-state index < -0.39 is 0 Å². The molecule has 0 fully saturated rings. The highest BCUT2D eigenvalue weighted by molar-refractivity contribution is 6.24. The van der Waals surface area contributed by atoms with Crippen molar-refractivity contribution in [3.05, 3.63) is 243 Å². The first kappa shape index (κ1) is 40.7. The van der Waals surface area contributed by atoms with E-state index in [2.05, 4.69) is 228 Å². The fourth-order valence-corrected chi connectivity index (χ4v) is 11.5. The van der Waals surface area contributed by atoms with Gasteiger partial charge < -0.3 is 27.5 Å². The number of nitrogens with zero attached hydrogens (tertiary/aromatic N) is 2. The van der Waals surface area contributed by atoms with Gasteiger partial charge in [-0.05, 0) is 155 Å². The van der Waals surface area contributed by atoms with Gasteiger partial charge in [0.1, 0.15) is 44.7 Å². The third-order valence-electron chi connectivity index (χ3n) is 14.9. The van der Waals surface area contributed by atoms with Gasteiger partial charge >= 0.3 is 0 Å². The monoisotopic (exact) mass is 948 g/mol. The van der Waals surface area contributed by atoms with Crippen LogP contribution >= 0.6 is 0 Å². The lowest BCUT2D eigenvalue weighted by atomic mass is 9.97. The number of anilines is 6. The quantitative estimate of drug-likeness (QED) is 0.159. The third kappa shape index (κ3) is 6.25. The minimum atomic E-state index is 0.799. The van der Waals surface area contributed by atoms with Crippen molar-refractivity contribution in [2.24, 2.45) is 0 Å². The zero-order valence-corrected chi connectivity index (χ0v) is 39.6. The zero-order valence-electron chi connectivity index (χ0n) is 39.6. The molecular weight excluding hydrogens is 909 g/mol. The van der Waals surface area contributed by atoms with E-state index in [1.54, 1.807) is 0 Å². The molecule has 16 aromatic rings. The average Bonchev–Trinajstić information content (AvgIpc) is 4.22. The Labute approximate surface area is 422 Å². The molecule has 0 aliphatic carbocycles. The Balaban J connectivity index is 0.845. The molecular formula is C68H40N2O4. The molecule has 0 atom stereocenters. The predicted molar refractivity (Wildman–Crippen MR) is 305 cm³/mol. The molecule has 0 N–H and O–H groups in total. The van der Waals surface area contributed by atoms with Gasteiger partial charge in [0.15, 0.2) is 0 Å². The maximum atomic E-state index is 7.05. The lowest BCUT2D eigenvalue weighted by molar-refractivity contribution is 0.658. The molecule has 0 saturated carbocycles. The van der Waals surface area contributed by atoms with Gasteiger partial charge in [0.25, 0.3) is 0 Å². The number of hydrogen-bond donors (Lipinski definition) is 0. The normalized spacial score (nSPS) is 12.1. The maximum Gasteiger partial charge on any atom is 0.147 e. The fourth-order valence-electron chi connectivity index (χ4n) is 11.5. The van der Waals surface area contributed by atoms with Crippen LogP contribution in [0, 0.1) is 0 Å². The van der Waals surface area contributed by atoms with Gasteiger partial charge in [-0.1, -0.05) is 115 Å². The van der Waals surface area contributed by atoms with Gasteiger partial charge in [-0.15, -0.1) is 0 Å². The minimum Gasteiger partial charge on any atom is -0.456 e. The van der Waals surface area contributed by atoms with Crippen LogP contribution in [0.4, 0.5) is 34.1 Å². The molecule has 0 spiro atoms. The Morgan fingerprint density at radius 1 is 0.216 bits per heavy atom. The third-order valence-corrected chi connectivity index (χ3v) is 14.9. The highest BCUT2D eigenvalue weighted by atomic mass is 16.3. The van der Waals surface area contributed by atoms with E-state index in [9.17, 15) is 0 Å². The number of benzene rings is 12. The van der Waals surface area contributed by atoms with Crippen molar-refractivity contribution in [3.8, 4) is 11.1 Å². The molecule has 0 unspecified atom stereocenters. The van der Waals surface area contributed by atoms with Gasteiger partial charge in [-0.25, -0.2) is 0 Å². The van der Waals surface area contributed by atoms with Gasteiger partial charge in [0.2, 0.25) is 0 Å². The van der Waals surface area contributed by atoms with E-state index in [-0.39, 0.29) is 0 Å². The molecule has 6 heteroatoms. The summed E-state index contributed by atoms with van der Waals surface area (Å²) in [5.74, 6) is 0. The smallest absolute Gasteiger partial charge is 0.147 e. The van der Waals surface area contributed by atoms with Crippen molar-refractivity contribution in [1.29, 1.82) is 0 Å². The van der Waals surface area contributed by atoms with Crippen molar-refractivity contribution in [2.75, 3.05) is 9.80 Å². The first-order valence-electron chi connectivity index (χ1n) is 25.0. The Bertz CT molecular complexity index is 4620. The number of rotatable bonds is 7. The van der Waals surface area contributed by atoms with Crippen LogP contribution in [0.25, 0.3) is 120 Å². The van der Waals surface area contributed by atoms with Crippen LogP contribution in [-0.4, -0.2) is 0 Å². The summed E-state index contributed by atoms with van der Waals surface area (Å²) in [5, 5.41) is 13.0. The summed E-state index contributed by atoms with van der Waals surface area (Å²) < 4.78 is 26.6. The maximum absolute atomic E-state index is 7.05. The van der Waals surface area contributed by atoms with Crippen LogP contribution in [0.1, 0.15) is 0 Å². The van der Waals surface area contributed by atoms with Crippen molar-refractivity contribution in [1.82, 2.24) is 0 Å². The van der Waals surface area contributed by atoms with E-state index in [4.69, 9.17) is 17.7 Å². The number of fused-ring (bicyclic) bond motifs is 14. The first-order chi connectivity index (χ1) is 36.6. The van der Waals surface area contributed by atoms with Crippen molar-refractivity contribution in [3.63, 3.8) is 0 Å². The van der Waals surface area contributed by atoms with Crippen LogP contribution in [0.2, 0.25) is 0 Å². The lowest BCUT2D eigenvalue weighted by Crippen LogP contribution is -2.09. The van der Waals surface area contributed by atoms with Crippen LogP contribution in [0.5, 0.6) is 0 Å². The van der Waals surface area contributed by atoms with E-state index in [1.807, 2.05) is 24.3 Å². The molecule has 0 saturated heterocycles. The molecule has 0 aliphatic heterocycles. The molecule has 0 aliphatic rings. The molecule has 6 nitrogen and oxygen atoms in total. The number of hydrogen-bond acceptors (Lipinski definition) is 6. The topological polar surface area (TPSA) is 59.0 Å². The molecule has 0 amide bonds.